The zero-order valence-electron chi connectivity index (χ0n) is 27.7. The van der Waals surface area contributed by atoms with Crippen LogP contribution in [0.3, 0.4) is 0 Å². The van der Waals surface area contributed by atoms with Gasteiger partial charge in [-0.25, -0.2) is 9.78 Å². The van der Waals surface area contributed by atoms with Crippen molar-refractivity contribution in [2.24, 2.45) is 5.92 Å². The summed E-state index contributed by atoms with van der Waals surface area (Å²) >= 11 is 4.83. The number of benzene rings is 3. The second-order valence-electron chi connectivity index (χ2n) is 12.2. The van der Waals surface area contributed by atoms with Gasteiger partial charge in [0.2, 0.25) is 0 Å². The summed E-state index contributed by atoms with van der Waals surface area (Å²) in [5.41, 5.74) is 7.26. The summed E-state index contributed by atoms with van der Waals surface area (Å²) in [7, 11) is 1.27. The van der Waals surface area contributed by atoms with Gasteiger partial charge in [0.15, 0.2) is 5.57 Å². The van der Waals surface area contributed by atoms with Crippen LogP contribution in [0.25, 0.3) is 59.7 Å². The molecule has 0 saturated heterocycles. The van der Waals surface area contributed by atoms with Crippen molar-refractivity contribution in [3.05, 3.63) is 128 Å². The number of aromatic nitrogens is 2. The number of nitrogens with zero attached hydrogens (tertiary/aromatic N) is 3. The molecule has 0 aliphatic heterocycles. The molecular formula is C41H33N3O3S3. The third-order valence-electron chi connectivity index (χ3n) is 8.34. The van der Waals surface area contributed by atoms with Gasteiger partial charge in [-0.1, -0.05) is 74.5 Å². The average Bonchev–Trinajstić information content (AvgIpc) is 3.94. The molecule has 0 fully saturated rings. The molecule has 50 heavy (non-hydrogen) atoms. The molecular weight excluding hydrogens is 679 g/mol. The number of methoxy groups -OCH3 is 1. The van der Waals surface area contributed by atoms with Crippen molar-refractivity contribution < 1.29 is 14.6 Å². The van der Waals surface area contributed by atoms with Crippen LogP contribution >= 0.6 is 34.0 Å². The number of para-hydroxylation sites is 1. The fourth-order valence-electron chi connectivity index (χ4n) is 6.07. The molecule has 4 aromatic heterocycles. The molecule has 0 aliphatic rings. The summed E-state index contributed by atoms with van der Waals surface area (Å²) in [6.07, 6.45) is 2.84. The number of thiophene rings is 2. The Balaban J connectivity index is 1.33. The number of rotatable bonds is 9. The molecule has 0 amide bonds. The van der Waals surface area contributed by atoms with Gasteiger partial charge in [-0.05, 0) is 72.0 Å². The monoisotopic (exact) mass is 711 g/mol. The Bertz CT molecular complexity index is 2490. The van der Waals surface area contributed by atoms with E-state index in [9.17, 15) is 15.2 Å². The Hall–Kier alpha value is -5.11. The number of nitriles is 1. The number of aliphatic hydroxyl groups excluding tert-OH is 1. The quantitative estimate of drug-likeness (QED) is 0.152. The molecule has 9 heteroatoms. The molecule has 6 nitrogen and oxygen atoms in total. The molecule has 0 bridgehead atoms. The fraction of sp³-hybridized carbons (Fsp3) is 0.146. The first-order valence-electron chi connectivity index (χ1n) is 16.2. The summed E-state index contributed by atoms with van der Waals surface area (Å²) in [6.45, 7) is 4.26. The van der Waals surface area contributed by atoms with Crippen molar-refractivity contribution in [2.45, 2.75) is 26.9 Å². The standard InChI is InChI=1S/C41H33N3O3S3/c1-25(2)21-32-37(50-40(43-32)31(23-42)41(46)47-3)22-29-17-18-34(48-29)35-19-20-36(49-35)38-30-11-7-8-12-33(30)44(28-15-13-26(24-45)14-16-28)39(38)27-9-5-4-6-10-27/h4-20,22,25,45H,21,24H2,1-3H3/b37-22?,40-31-. The largest absolute Gasteiger partial charge is 0.465 e. The zero-order chi connectivity index (χ0) is 34.8. The highest BCUT2D eigenvalue weighted by Crippen LogP contribution is 2.47. The van der Waals surface area contributed by atoms with Gasteiger partial charge in [-0.2, -0.15) is 5.26 Å². The number of hydrogen-bond donors (Lipinski definition) is 1. The summed E-state index contributed by atoms with van der Waals surface area (Å²) in [4.78, 5) is 21.5. The van der Waals surface area contributed by atoms with Crippen LogP contribution in [0.5, 0.6) is 0 Å². The van der Waals surface area contributed by atoms with Crippen molar-refractivity contribution in [1.82, 2.24) is 9.55 Å². The predicted molar refractivity (Wildman–Crippen MR) is 206 cm³/mol. The van der Waals surface area contributed by atoms with E-state index in [1.54, 1.807) is 22.7 Å². The van der Waals surface area contributed by atoms with E-state index in [0.29, 0.717) is 10.6 Å². The highest BCUT2D eigenvalue weighted by atomic mass is 32.1. The topological polar surface area (TPSA) is 88.1 Å². The highest BCUT2D eigenvalue weighted by Gasteiger charge is 2.23. The van der Waals surface area contributed by atoms with Crippen molar-refractivity contribution in [2.75, 3.05) is 7.11 Å². The maximum Gasteiger partial charge on any atom is 0.351 e. The highest BCUT2D eigenvalue weighted by molar-refractivity contribution is 7.24. The van der Waals surface area contributed by atoms with Gasteiger partial charge >= 0.3 is 5.97 Å². The molecule has 3 aromatic carbocycles. The second kappa shape index (κ2) is 14.4. The first kappa shape index (κ1) is 33.4. The predicted octanol–water partition coefficient (Wildman–Crippen LogP) is 8.58. The lowest BCUT2D eigenvalue weighted by Gasteiger charge is -2.13. The average molecular weight is 712 g/mol. The van der Waals surface area contributed by atoms with Crippen LogP contribution in [0, 0.1) is 17.2 Å². The lowest BCUT2D eigenvalue weighted by molar-refractivity contribution is -0.133. The molecule has 7 aromatic rings. The van der Waals surface area contributed by atoms with Gasteiger partial charge in [-0.3, -0.25) is 0 Å². The first-order chi connectivity index (χ1) is 24.4. The minimum absolute atomic E-state index is 0.00412. The zero-order valence-corrected chi connectivity index (χ0v) is 30.2. The number of hydrogen-bond acceptors (Lipinski definition) is 8. The van der Waals surface area contributed by atoms with Crippen LogP contribution < -0.4 is 9.20 Å². The van der Waals surface area contributed by atoms with Crippen LogP contribution in [-0.4, -0.2) is 27.7 Å². The van der Waals surface area contributed by atoms with Gasteiger partial charge < -0.3 is 14.4 Å². The summed E-state index contributed by atoms with van der Waals surface area (Å²) in [5, 5.41) is 20.5. The Morgan fingerprint density at radius 2 is 1.60 bits per heavy atom. The van der Waals surface area contributed by atoms with Gasteiger partial charge in [-0.15, -0.1) is 34.0 Å². The van der Waals surface area contributed by atoms with E-state index in [4.69, 9.17) is 9.72 Å². The molecule has 0 radical (unpaired) electrons. The summed E-state index contributed by atoms with van der Waals surface area (Å²) in [5.74, 6) is -0.315. The van der Waals surface area contributed by atoms with Crippen molar-refractivity contribution in [3.63, 3.8) is 0 Å². The van der Waals surface area contributed by atoms with E-state index in [1.165, 1.54) is 39.2 Å². The molecule has 4 heterocycles. The summed E-state index contributed by atoms with van der Waals surface area (Å²) in [6, 6.07) is 37.8. The maximum atomic E-state index is 12.2. The Kier molecular flexibility index (Phi) is 9.61. The number of ether oxygens (including phenoxy) is 1. The molecule has 248 valence electrons. The lowest BCUT2D eigenvalue weighted by atomic mass is 10.0. The number of esters is 1. The van der Waals surface area contributed by atoms with Crippen molar-refractivity contribution in [1.29, 1.82) is 5.26 Å². The third kappa shape index (κ3) is 6.47. The van der Waals surface area contributed by atoms with Gasteiger partial charge in [0.1, 0.15) is 10.7 Å². The molecule has 0 spiro atoms. The third-order valence-corrected chi connectivity index (χ3v) is 11.7. The number of fused-ring (bicyclic) bond motifs is 1. The Labute approximate surface area is 302 Å². The Morgan fingerprint density at radius 1 is 0.900 bits per heavy atom. The molecule has 0 unspecified atom stereocenters. The van der Waals surface area contributed by atoms with Crippen LogP contribution in [0.4, 0.5) is 0 Å². The number of aliphatic hydroxyl groups is 1. The second-order valence-corrected chi connectivity index (χ2v) is 15.4. The van der Waals surface area contributed by atoms with Gasteiger partial charge in [0.25, 0.3) is 0 Å². The van der Waals surface area contributed by atoms with Crippen LogP contribution in [0.15, 0.2) is 103 Å². The number of carbonyl (C=O) groups excluding carboxylic acids is 1. The summed E-state index contributed by atoms with van der Waals surface area (Å²) < 4.78 is 8.49. The molecule has 0 atom stereocenters. The van der Waals surface area contributed by atoms with E-state index in [1.807, 2.05) is 24.3 Å². The van der Waals surface area contributed by atoms with Gasteiger partial charge in [0, 0.05) is 36.1 Å². The molecule has 7 rings (SSSR count). The Morgan fingerprint density at radius 3 is 2.32 bits per heavy atom. The lowest BCUT2D eigenvalue weighted by Crippen LogP contribution is -2.13. The van der Waals surface area contributed by atoms with Crippen molar-refractivity contribution in [3.8, 4) is 43.2 Å². The maximum absolute atomic E-state index is 12.2. The number of carbonyl (C=O) groups is 1. The van der Waals surface area contributed by atoms with Crippen LogP contribution in [0.1, 0.15) is 30.0 Å². The van der Waals surface area contributed by atoms with E-state index in [0.717, 1.165) is 54.4 Å². The van der Waals surface area contributed by atoms with Crippen LogP contribution in [0.2, 0.25) is 0 Å². The van der Waals surface area contributed by atoms with E-state index >= 15 is 0 Å². The van der Waals surface area contributed by atoms with E-state index < -0.39 is 5.97 Å². The van der Waals surface area contributed by atoms with Crippen molar-refractivity contribution >= 4 is 62.5 Å². The molecule has 1 N–H and O–H groups in total. The normalized spacial score (nSPS) is 12.4. The fourth-order valence-corrected chi connectivity index (χ4v) is 9.28. The van der Waals surface area contributed by atoms with Gasteiger partial charge in [0.05, 0.1) is 35.2 Å². The van der Waals surface area contributed by atoms with E-state index in [-0.39, 0.29) is 12.2 Å². The number of thiazole rings is 1. The smallest absolute Gasteiger partial charge is 0.351 e. The molecule has 0 saturated carbocycles. The minimum Gasteiger partial charge on any atom is -0.465 e. The van der Waals surface area contributed by atoms with E-state index in [2.05, 4.69) is 109 Å². The first-order valence-corrected chi connectivity index (χ1v) is 18.6. The molecule has 0 aliphatic carbocycles. The van der Waals surface area contributed by atoms with Crippen LogP contribution in [-0.2, 0) is 22.6 Å². The SMILES string of the molecule is COC(=O)/C(C#N)=c1/nc(CC(C)C)c(=Cc2ccc(-c3ccc(-c4c(-c5ccccc5)n(-c5ccc(CO)cc5)c5ccccc45)s3)s2)s1. The minimum atomic E-state index is -0.672.